The van der Waals surface area contributed by atoms with Crippen LogP contribution in [0.2, 0.25) is 0 Å². The second kappa shape index (κ2) is 7.86. The van der Waals surface area contributed by atoms with Gasteiger partial charge in [0.2, 0.25) is 0 Å². The first-order chi connectivity index (χ1) is 12.9. The Labute approximate surface area is 160 Å². The fourth-order valence-electron chi connectivity index (χ4n) is 3.51. The average Bonchev–Trinajstić information content (AvgIpc) is 2.95. The van der Waals surface area contributed by atoms with Crippen LogP contribution >= 0.6 is 0 Å². The number of hydrogen-bond donors (Lipinski definition) is 1. The van der Waals surface area contributed by atoms with Crippen molar-refractivity contribution in [1.29, 1.82) is 0 Å². The Hall–Kier alpha value is -2.76. The molecule has 144 valence electrons. The molecule has 1 aliphatic rings. The van der Waals surface area contributed by atoms with Crippen molar-refractivity contribution in [1.82, 2.24) is 9.88 Å². The first kappa shape index (κ1) is 19.0. The van der Waals surface area contributed by atoms with Gasteiger partial charge in [-0.25, -0.2) is 4.79 Å². The van der Waals surface area contributed by atoms with E-state index < -0.39 is 0 Å². The highest BCUT2D eigenvalue weighted by Crippen LogP contribution is 2.22. The summed E-state index contributed by atoms with van der Waals surface area (Å²) in [7, 11) is 0. The molecule has 6 nitrogen and oxygen atoms in total. The number of piperazine rings is 1. The number of aryl methyl sites for hydroxylation is 1. The summed E-state index contributed by atoms with van der Waals surface area (Å²) in [6, 6.07) is 10.2. The van der Waals surface area contributed by atoms with E-state index in [0.717, 1.165) is 13.1 Å². The Morgan fingerprint density at radius 3 is 2.26 bits per heavy atom. The quantitative estimate of drug-likeness (QED) is 0.841. The standard InChI is InChI=1S/C21H27N3O3/c1-14(2)27-21(26)18-15(3)19(22-16(18)4)20(25)24-12-10-23(11-13-24)17-8-6-5-7-9-17/h5-9,14,22H,10-13H2,1-4H3. The molecule has 2 aromatic rings. The first-order valence-electron chi connectivity index (χ1n) is 9.38. The van der Waals surface area contributed by atoms with Crippen LogP contribution in [0.4, 0.5) is 5.69 Å². The van der Waals surface area contributed by atoms with E-state index >= 15 is 0 Å². The predicted octanol–water partition coefficient (Wildman–Crippen LogP) is 3.16. The second-order valence-corrected chi connectivity index (χ2v) is 7.19. The van der Waals surface area contributed by atoms with Gasteiger partial charge in [-0.3, -0.25) is 4.79 Å². The molecule has 0 unspecified atom stereocenters. The van der Waals surface area contributed by atoms with Gasteiger partial charge in [-0.2, -0.15) is 0 Å². The van der Waals surface area contributed by atoms with Crippen LogP contribution in [0.5, 0.6) is 0 Å². The number of carbonyl (C=O) groups is 2. The van der Waals surface area contributed by atoms with Crippen molar-refractivity contribution >= 4 is 17.6 Å². The Kier molecular flexibility index (Phi) is 5.54. The van der Waals surface area contributed by atoms with Crippen LogP contribution < -0.4 is 4.90 Å². The lowest BCUT2D eigenvalue weighted by molar-refractivity contribution is 0.0376. The predicted molar refractivity (Wildman–Crippen MR) is 105 cm³/mol. The van der Waals surface area contributed by atoms with E-state index in [0.29, 0.717) is 35.6 Å². The maximum atomic E-state index is 13.0. The van der Waals surface area contributed by atoms with Gasteiger partial charge in [0.25, 0.3) is 5.91 Å². The largest absolute Gasteiger partial charge is 0.459 e. The number of para-hydroxylation sites is 1. The highest BCUT2D eigenvalue weighted by Gasteiger charge is 2.28. The number of H-pyrrole nitrogens is 1. The zero-order valence-electron chi connectivity index (χ0n) is 16.4. The average molecular weight is 369 g/mol. The van der Waals surface area contributed by atoms with Crippen LogP contribution in [-0.2, 0) is 4.74 Å². The molecule has 0 radical (unpaired) electrons. The van der Waals surface area contributed by atoms with Crippen molar-refractivity contribution in [2.45, 2.75) is 33.8 Å². The number of rotatable bonds is 4. The molecule has 6 heteroatoms. The zero-order valence-corrected chi connectivity index (χ0v) is 16.4. The number of carbonyl (C=O) groups excluding carboxylic acids is 2. The number of anilines is 1. The van der Waals surface area contributed by atoms with Crippen LogP contribution in [0.25, 0.3) is 0 Å². The maximum absolute atomic E-state index is 13.0. The molecule has 2 heterocycles. The van der Waals surface area contributed by atoms with Crippen LogP contribution in [-0.4, -0.2) is 54.0 Å². The number of nitrogens with one attached hydrogen (secondary N) is 1. The summed E-state index contributed by atoms with van der Waals surface area (Å²) in [6.07, 6.45) is -0.198. The van der Waals surface area contributed by atoms with Crippen molar-refractivity contribution in [2.75, 3.05) is 31.1 Å². The molecule has 0 aliphatic carbocycles. The highest BCUT2D eigenvalue weighted by molar-refractivity contribution is 6.00. The molecule has 1 saturated heterocycles. The van der Waals surface area contributed by atoms with Crippen molar-refractivity contribution in [3.05, 3.63) is 52.8 Å². The molecule has 0 spiro atoms. The van der Waals surface area contributed by atoms with E-state index in [4.69, 9.17) is 4.74 Å². The number of aromatic amines is 1. The minimum atomic E-state index is -0.385. The third-order valence-electron chi connectivity index (χ3n) is 4.89. The molecule has 3 rings (SSSR count). The molecule has 0 bridgehead atoms. The van der Waals surface area contributed by atoms with Gasteiger partial charge in [-0.1, -0.05) is 18.2 Å². The number of benzene rings is 1. The van der Waals surface area contributed by atoms with Gasteiger partial charge in [0.1, 0.15) is 5.69 Å². The number of esters is 1. The molecule has 1 fully saturated rings. The number of ether oxygens (including phenoxy) is 1. The summed E-state index contributed by atoms with van der Waals surface area (Å²) in [4.78, 5) is 32.6. The number of aromatic nitrogens is 1. The normalized spacial score (nSPS) is 14.6. The van der Waals surface area contributed by atoms with Gasteiger partial charge in [0, 0.05) is 37.6 Å². The SMILES string of the molecule is Cc1[nH]c(C(=O)N2CCN(c3ccccc3)CC2)c(C)c1C(=O)OC(C)C. The third-order valence-corrected chi connectivity index (χ3v) is 4.89. The Morgan fingerprint density at radius 1 is 1.04 bits per heavy atom. The molecule has 1 amide bonds. The van der Waals surface area contributed by atoms with Gasteiger partial charge in [0.05, 0.1) is 11.7 Å². The summed E-state index contributed by atoms with van der Waals surface area (Å²) in [6.45, 7) is 10.1. The number of hydrogen-bond acceptors (Lipinski definition) is 4. The van der Waals surface area contributed by atoms with Crippen LogP contribution in [0.3, 0.4) is 0 Å². The molecule has 0 atom stereocenters. The third kappa shape index (κ3) is 3.99. The van der Waals surface area contributed by atoms with Gasteiger partial charge < -0.3 is 19.5 Å². The summed E-state index contributed by atoms with van der Waals surface area (Å²) in [5.74, 6) is -0.448. The van der Waals surface area contributed by atoms with Crippen molar-refractivity contribution < 1.29 is 14.3 Å². The zero-order chi connectivity index (χ0) is 19.6. The number of amides is 1. The van der Waals surface area contributed by atoms with E-state index in [2.05, 4.69) is 22.0 Å². The van der Waals surface area contributed by atoms with Gasteiger partial charge >= 0.3 is 5.97 Å². The molecule has 0 saturated carbocycles. The monoisotopic (exact) mass is 369 g/mol. The lowest BCUT2D eigenvalue weighted by Gasteiger charge is -2.36. The van der Waals surface area contributed by atoms with Gasteiger partial charge in [-0.15, -0.1) is 0 Å². The molecular formula is C21H27N3O3. The lowest BCUT2D eigenvalue weighted by atomic mass is 10.1. The molecule has 1 aliphatic heterocycles. The summed E-state index contributed by atoms with van der Waals surface area (Å²) in [5, 5.41) is 0. The van der Waals surface area contributed by atoms with E-state index in [1.807, 2.05) is 36.9 Å². The first-order valence-corrected chi connectivity index (χ1v) is 9.38. The lowest BCUT2D eigenvalue weighted by Crippen LogP contribution is -2.49. The fourth-order valence-corrected chi connectivity index (χ4v) is 3.51. The van der Waals surface area contributed by atoms with Crippen molar-refractivity contribution in [3.8, 4) is 0 Å². The maximum Gasteiger partial charge on any atom is 0.340 e. The highest BCUT2D eigenvalue weighted by atomic mass is 16.5. The summed E-state index contributed by atoms with van der Waals surface area (Å²) in [5.41, 5.74) is 3.46. The van der Waals surface area contributed by atoms with E-state index in [-0.39, 0.29) is 18.0 Å². The second-order valence-electron chi connectivity index (χ2n) is 7.19. The topological polar surface area (TPSA) is 65.6 Å². The van der Waals surface area contributed by atoms with Crippen molar-refractivity contribution in [2.24, 2.45) is 0 Å². The molecule has 1 aromatic carbocycles. The van der Waals surface area contributed by atoms with Gasteiger partial charge in [0.15, 0.2) is 0 Å². The Balaban J connectivity index is 1.71. The fraction of sp³-hybridized carbons (Fsp3) is 0.429. The minimum Gasteiger partial charge on any atom is -0.459 e. The smallest absolute Gasteiger partial charge is 0.340 e. The number of nitrogens with zero attached hydrogens (tertiary/aromatic N) is 2. The molecule has 27 heavy (non-hydrogen) atoms. The Bertz CT molecular complexity index is 819. The van der Waals surface area contributed by atoms with Crippen molar-refractivity contribution in [3.63, 3.8) is 0 Å². The van der Waals surface area contributed by atoms with Gasteiger partial charge in [-0.05, 0) is 45.4 Å². The Morgan fingerprint density at radius 2 is 1.67 bits per heavy atom. The molecule has 1 aromatic heterocycles. The van der Waals surface area contributed by atoms with Crippen LogP contribution in [0.15, 0.2) is 30.3 Å². The molecule has 1 N–H and O–H groups in total. The van der Waals surface area contributed by atoms with E-state index in [1.54, 1.807) is 13.8 Å². The minimum absolute atomic E-state index is 0.0630. The van der Waals surface area contributed by atoms with E-state index in [1.165, 1.54) is 5.69 Å². The van der Waals surface area contributed by atoms with Crippen LogP contribution in [0.1, 0.15) is 46.0 Å². The summed E-state index contributed by atoms with van der Waals surface area (Å²) < 4.78 is 5.31. The van der Waals surface area contributed by atoms with Crippen LogP contribution in [0, 0.1) is 13.8 Å². The molecular weight excluding hydrogens is 342 g/mol. The van der Waals surface area contributed by atoms with E-state index in [9.17, 15) is 9.59 Å². The summed E-state index contributed by atoms with van der Waals surface area (Å²) >= 11 is 0.